The summed E-state index contributed by atoms with van der Waals surface area (Å²) in [7, 11) is 0. The molecular weight excluding hydrogens is 216 g/mol. The summed E-state index contributed by atoms with van der Waals surface area (Å²) in [6, 6.07) is 0.454. The standard InChI is InChI=1S/C8H13Cl2N.ClH/c9-6-8(10)11-7-4-2-1-3-5-7;/h7H,1-6H2;1H. The second-order valence-electron chi connectivity index (χ2n) is 2.93. The monoisotopic (exact) mass is 229 g/mol. The lowest BCUT2D eigenvalue weighted by Gasteiger charge is -2.17. The van der Waals surface area contributed by atoms with E-state index in [-0.39, 0.29) is 12.4 Å². The lowest BCUT2D eigenvalue weighted by Crippen LogP contribution is -2.11. The molecule has 1 aliphatic carbocycles. The van der Waals surface area contributed by atoms with E-state index in [0.29, 0.717) is 17.1 Å². The Morgan fingerprint density at radius 2 is 1.83 bits per heavy atom. The highest BCUT2D eigenvalue weighted by Crippen LogP contribution is 2.20. The predicted octanol–water partition coefficient (Wildman–Crippen LogP) is 3.62. The number of hydrogen-bond donors (Lipinski definition) is 0. The van der Waals surface area contributed by atoms with Crippen LogP contribution in [-0.2, 0) is 0 Å². The molecule has 1 rings (SSSR count). The van der Waals surface area contributed by atoms with E-state index in [9.17, 15) is 0 Å². The molecule has 0 aromatic heterocycles. The first kappa shape index (κ1) is 12.5. The van der Waals surface area contributed by atoms with E-state index in [4.69, 9.17) is 23.2 Å². The summed E-state index contributed by atoms with van der Waals surface area (Å²) in [6.45, 7) is 0. The van der Waals surface area contributed by atoms with Crippen molar-refractivity contribution in [3.8, 4) is 0 Å². The summed E-state index contributed by atoms with van der Waals surface area (Å²) >= 11 is 11.2. The summed E-state index contributed by atoms with van der Waals surface area (Å²) in [4.78, 5) is 4.30. The molecule has 0 spiro atoms. The van der Waals surface area contributed by atoms with Crippen LogP contribution < -0.4 is 0 Å². The third-order valence-electron chi connectivity index (χ3n) is 2.01. The van der Waals surface area contributed by atoms with E-state index in [1.807, 2.05) is 0 Å². The Bertz CT molecular complexity index is 141. The highest BCUT2D eigenvalue weighted by molar-refractivity contribution is 6.69. The summed E-state index contributed by atoms with van der Waals surface area (Å²) in [5.74, 6) is 0.359. The molecule has 0 unspecified atom stereocenters. The lowest BCUT2D eigenvalue weighted by atomic mass is 9.96. The molecule has 0 aromatic rings. The van der Waals surface area contributed by atoms with Crippen molar-refractivity contribution in [3.05, 3.63) is 0 Å². The van der Waals surface area contributed by atoms with Crippen LogP contribution in [0.1, 0.15) is 32.1 Å². The number of aliphatic imine (C=N–C) groups is 1. The Hall–Kier alpha value is 0.540. The maximum atomic E-state index is 5.72. The van der Waals surface area contributed by atoms with E-state index in [1.54, 1.807) is 0 Å². The Labute approximate surface area is 89.9 Å². The van der Waals surface area contributed by atoms with Gasteiger partial charge in [0, 0.05) is 0 Å². The van der Waals surface area contributed by atoms with Crippen molar-refractivity contribution in [2.24, 2.45) is 4.99 Å². The van der Waals surface area contributed by atoms with Gasteiger partial charge < -0.3 is 0 Å². The van der Waals surface area contributed by atoms with Gasteiger partial charge in [0.1, 0.15) is 5.17 Å². The van der Waals surface area contributed by atoms with Crippen molar-refractivity contribution in [1.29, 1.82) is 0 Å². The number of hydrogen-bond acceptors (Lipinski definition) is 1. The first-order chi connectivity index (χ1) is 5.33. The minimum atomic E-state index is 0. The summed E-state index contributed by atoms with van der Waals surface area (Å²) < 4.78 is 0. The molecule has 4 heteroatoms. The van der Waals surface area contributed by atoms with Crippen LogP contribution >= 0.6 is 35.6 Å². The first-order valence-electron chi connectivity index (χ1n) is 4.11. The number of alkyl halides is 1. The molecule has 12 heavy (non-hydrogen) atoms. The van der Waals surface area contributed by atoms with Gasteiger partial charge in [0.2, 0.25) is 0 Å². The molecule has 0 aromatic carbocycles. The normalized spacial score (nSPS) is 20.3. The van der Waals surface area contributed by atoms with Crippen molar-refractivity contribution < 1.29 is 0 Å². The van der Waals surface area contributed by atoms with Crippen LogP contribution in [0, 0.1) is 0 Å². The fourth-order valence-corrected chi connectivity index (χ4v) is 1.65. The second-order valence-corrected chi connectivity index (χ2v) is 3.63. The van der Waals surface area contributed by atoms with Gasteiger partial charge in [-0.25, -0.2) is 0 Å². The second kappa shape index (κ2) is 6.99. The molecule has 0 saturated heterocycles. The molecule has 1 saturated carbocycles. The Morgan fingerprint density at radius 3 is 2.33 bits per heavy atom. The van der Waals surface area contributed by atoms with E-state index >= 15 is 0 Å². The zero-order chi connectivity index (χ0) is 8.10. The molecule has 1 aliphatic rings. The minimum Gasteiger partial charge on any atom is -0.273 e. The largest absolute Gasteiger partial charge is 0.273 e. The first-order valence-corrected chi connectivity index (χ1v) is 5.02. The quantitative estimate of drug-likeness (QED) is 0.508. The molecular formula is C8H14Cl3N. The highest BCUT2D eigenvalue weighted by Gasteiger charge is 2.11. The van der Waals surface area contributed by atoms with E-state index in [2.05, 4.69) is 4.99 Å². The molecule has 0 aliphatic heterocycles. The Morgan fingerprint density at radius 1 is 1.25 bits per heavy atom. The minimum absolute atomic E-state index is 0. The fourth-order valence-electron chi connectivity index (χ4n) is 1.44. The Kier molecular flexibility index (Phi) is 7.31. The van der Waals surface area contributed by atoms with Gasteiger partial charge in [-0.3, -0.25) is 4.99 Å². The highest BCUT2D eigenvalue weighted by atomic mass is 35.5. The molecule has 0 N–H and O–H groups in total. The SMILES string of the molecule is Cl.ClCC(Cl)=NC1CCCCC1. The van der Waals surface area contributed by atoms with Crippen molar-refractivity contribution >= 4 is 40.8 Å². The van der Waals surface area contributed by atoms with Crippen molar-refractivity contribution in [1.82, 2.24) is 0 Å². The average molecular weight is 231 g/mol. The van der Waals surface area contributed by atoms with Gasteiger partial charge in [-0.1, -0.05) is 30.9 Å². The maximum absolute atomic E-state index is 5.72. The van der Waals surface area contributed by atoms with E-state index < -0.39 is 0 Å². The zero-order valence-corrected chi connectivity index (χ0v) is 9.26. The van der Waals surface area contributed by atoms with Crippen LogP contribution in [0.3, 0.4) is 0 Å². The van der Waals surface area contributed by atoms with Crippen molar-refractivity contribution in [3.63, 3.8) is 0 Å². The van der Waals surface area contributed by atoms with Crippen molar-refractivity contribution in [2.45, 2.75) is 38.1 Å². The van der Waals surface area contributed by atoms with E-state index in [0.717, 1.165) is 0 Å². The van der Waals surface area contributed by atoms with E-state index in [1.165, 1.54) is 32.1 Å². The molecule has 0 atom stereocenters. The summed E-state index contributed by atoms with van der Waals surface area (Å²) in [5.41, 5.74) is 0. The van der Waals surface area contributed by atoms with Gasteiger partial charge in [0.05, 0.1) is 11.9 Å². The summed E-state index contributed by atoms with van der Waals surface area (Å²) in [6.07, 6.45) is 6.31. The van der Waals surface area contributed by atoms with Crippen LogP contribution in [0.5, 0.6) is 0 Å². The summed E-state index contributed by atoms with van der Waals surface area (Å²) in [5, 5.41) is 0.568. The molecule has 72 valence electrons. The molecule has 1 fully saturated rings. The van der Waals surface area contributed by atoms with Crippen LogP contribution in [0.15, 0.2) is 4.99 Å². The third-order valence-corrected chi connectivity index (χ3v) is 2.63. The van der Waals surface area contributed by atoms with Crippen LogP contribution in [0.2, 0.25) is 0 Å². The Balaban J connectivity index is 0.00000121. The maximum Gasteiger partial charge on any atom is 0.115 e. The smallest absolute Gasteiger partial charge is 0.115 e. The number of halogens is 3. The molecule has 1 nitrogen and oxygen atoms in total. The molecule has 0 amide bonds. The van der Waals surface area contributed by atoms with Gasteiger partial charge in [0.15, 0.2) is 0 Å². The van der Waals surface area contributed by atoms with Gasteiger partial charge in [-0.2, -0.15) is 0 Å². The van der Waals surface area contributed by atoms with Crippen LogP contribution in [0.4, 0.5) is 0 Å². The van der Waals surface area contributed by atoms with Gasteiger partial charge in [0.25, 0.3) is 0 Å². The van der Waals surface area contributed by atoms with Gasteiger partial charge in [-0.15, -0.1) is 24.0 Å². The fraction of sp³-hybridized carbons (Fsp3) is 0.875. The zero-order valence-electron chi connectivity index (χ0n) is 6.93. The molecule has 0 heterocycles. The number of rotatable bonds is 2. The van der Waals surface area contributed by atoms with Gasteiger partial charge in [-0.05, 0) is 12.8 Å². The average Bonchev–Trinajstić information content (AvgIpc) is 2.06. The van der Waals surface area contributed by atoms with Crippen LogP contribution in [-0.4, -0.2) is 17.1 Å². The third kappa shape index (κ3) is 4.54. The molecule has 0 bridgehead atoms. The number of nitrogens with zero attached hydrogens (tertiary/aromatic N) is 1. The van der Waals surface area contributed by atoms with Gasteiger partial charge >= 0.3 is 0 Å². The van der Waals surface area contributed by atoms with Crippen molar-refractivity contribution in [2.75, 3.05) is 5.88 Å². The lowest BCUT2D eigenvalue weighted by molar-refractivity contribution is 0.444. The predicted molar refractivity (Wildman–Crippen MR) is 58.1 cm³/mol. The topological polar surface area (TPSA) is 12.4 Å². The van der Waals surface area contributed by atoms with Crippen LogP contribution in [0.25, 0.3) is 0 Å². The molecule has 0 radical (unpaired) electrons.